The third-order valence-electron chi connectivity index (χ3n) is 1.69. The fourth-order valence-corrected chi connectivity index (χ4v) is 1.74. The number of aliphatic hydroxyl groups is 1. The van der Waals surface area contributed by atoms with Gasteiger partial charge in [0.05, 0.1) is 12.5 Å². The van der Waals surface area contributed by atoms with E-state index in [0.717, 1.165) is 0 Å². The van der Waals surface area contributed by atoms with E-state index >= 15 is 0 Å². The molecular weight excluding hydrogens is 271 g/mol. The van der Waals surface area contributed by atoms with Crippen molar-refractivity contribution in [2.24, 2.45) is 0 Å². The van der Waals surface area contributed by atoms with Gasteiger partial charge in [-0.05, 0) is 23.8 Å². The molecule has 0 aliphatic rings. The summed E-state index contributed by atoms with van der Waals surface area (Å²) in [5.41, 5.74) is 0.486. The number of benzene rings is 1. The average Bonchev–Trinajstić information content (AvgIpc) is 2.08. The number of carboxylic acids is 1. The van der Waals surface area contributed by atoms with Crippen molar-refractivity contribution in [3.8, 4) is 0 Å². The zero-order chi connectivity index (χ0) is 10.7. The van der Waals surface area contributed by atoms with Gasteiger partial charge in [-0.3, -0.25) is 4.79 Å². The first-order chi connectivity index (χ1) is 6.50. The van der Waals surface area contributed by atoms with E-state index in [2.05, 4.69) is 15.9 Å². The second-order valence-corrected chi connectivity index (χ2v) is 4.07. The van der Waals surface area contributed by atoms with Crippen molar-refractivity contribution in [1.82, 2.24) is 0 Å². The van der Waals surface area contributed by atoms with Crippen molar-refractivity contribution in [1.29, 1.82) is 0 Å². The lowest BCUT2D eigenvalue weighted by atomic mass is 10.1. The highest BCUT2D eigenvalue weighted by atomic mass is 79.9. The summed E-state index contributed by atoms with van der Waals surface area (Å²) in [7, 11) is 0. The van der Waals surface area contributed by atoms with Crippen molar-refractivity contribution in [3.05, 3.63) is 33.3 Å². The lowest BCUT2D eigenvalue weighted by Crippen LogP contribution is -2.05. The van der Waals surface area contributed by atoms with Crippen molar-refractivity contribution in [3.63, 3.8) is 0 Å². The van der Waals surface area contributed by atoms with Crippen LogP contribution >= 0.6 is 27.5 Å². The minimum Gasteiger partial charge on any atom is -0.481 e. The first-order valence-corrected chi connectivity index (χ1v) is 5.02. The quantitative estimate of drug-likeness (QED) is 0.894. The van der Waals surface area contributed by atoms with Gasteiger partial charge in [0.25, 0.3) is 0 Å². The van der Waals surface area contributed by atoms with E-state index in [0.29, 0.717) is 15.1 Å². The third kappa shape index (κ3) is 2.97. The maximum atomic E-state index is 10.4. The third-order valence-corrected chi connectivity index (χ3v) is 2.64. The van der Waals surface area contributed by atoms with Gasteiger partial charge in [-0.2, -0.15) is 0 Å². The van der Waals surface area contributed by atoms with Gasteiger partial charge in [0.1, 0.15) is 0 Å². The molecule has 1 atom stereocenters. The summed E-state index contributed by atoms with van der Waals surface area (Å²) in [6.45, 7) is 0. The molecule has 5 heteroatoms. The summed E-state index contributed by atoms with van der Waals surface area (Å²) in [5, 5.41) is 18.5. The predicted molar refractivity (Wildman–Crippen MR) is 56.4 cm³/mol. The van der Waals surface area contributed by atoms with E-state index in [1.165, 1.54) is 0 Å². The number of carbonyl (C=O) groups is 1. The molecule has 1 aromatic carbocycles. The van der Waals surface area contributed by atoms with Gasteiger partial charge >= 0.3 is 5.97 Å². The lowest BCUT2D eigenvalue weighted by Gasteiger charge is -2.10. The molecule has 0 aliphatic heterocycles. The topological polar surface area (TPSA) is 57.5 Å². The Kier molecular flexibility index (Phi) is 3.92. The monoisotopic (exact) mass is 278 g/mol. The Morgan fingerprint density at radius 1 is 1.57 bits per heavy atom. The zero-order valence-electron chi connectivity index (χ0n) is 7.08. The van der Waals surface area contributed by atoms with Crippen molar-refractivity contribution in [2.45, 2.75) is 12.5 Å². The Balaban J connectivity index is 2.93. The van der Waals surface area contributed by atoms with Crippen LogP contribution in [0.15, 0.2) is 22.7 Å². The molecule has 0 spiro atoms. The molecule has 76 valence electrons. The molecule has 2 N–H and O–H groups in total. The number of hydrogen-bond acceptors (Lipinski definition) is 2. The summed E-state index contributed by atoms with van der Waals surface area (Å²) in [4.78, 5) is 10.4. The zero-order valence-corrected chi connectivity index (χ0v) is 9.42. The van der Waals surface area contributed by atoms with Crippen LogP contribution in [-0.4, -0.2) is 16.2 Å². The van der Waals surface area contributed by atoms with Crippen molar-refractivity contribution in [2.75, 3.05) is 0 Å². The smallest absolute Gasteiger partial charge is 0.306 e. The standard InChI is InChI=1S/C9H8BrClO3/c10-7-2-1-5(11)3-6(7)8(12)4-9(13)14/h1-3,8,12H,4H2,(H,13,14)/t8-/m0/s1. The molecule has 1 rings (SSSR count). The van der Waals surface area contributed by atoms with E-state index in [-0.39, 0.29) is 6.42 Å². The first-order valence-electron chi connectivity index (χ1n) is 3.85. The highest BCUT2D eigenvalue weighted by Crippen LogP contribution is 2.28. The van der Waals surface area contributed by atoms with E-state index in [4.69, 9.17) is 16.7 Å². The molecule has 0 saturated heterocycles. The largest absolute Gasteiger partial charge is 0.481 e. The van der Waals surface area contributed by atoms with Crippen LogP contribution in [-0.2, 0) is 4.79 Å². The normalized spacial score (nSPS) is 12.5. The van der Waals surface area contributed by atoms with E-state index in [1.807, 2.05) is 0 Å². The highest BCUT2D eigenvalue weighted by Gasteiger charge is 2.15. The second-order valence-electron chi connectivity index (χ2n) is 2.78. The molecule has 0 unspecified atom stereocenters. The van der Waals surface area contributed by atoms with Crippen LogP contribution in [0.4, 0.5) is 0 Å². The minimum atomic E-state index is -1.05. The Labute approximate surface area is 94.4 Å². The maximum Gasteiger partial charge on any atom is 0.306 e. The van der Waals surface area contributed by atoms with Gasteiger partial charge in [0.15, 0.2) is 0 Å². The van der Waals surface area contributed by atoms with Gasteiger partial charge in [-0.15, -0.1) is 0 Å². The van der Waals surface area contributed by atoms with Crippen LogP contribution in [0.2, 0.25) is 5.02 Å². The van der Waals surface area contributed by atoms with E-state index < -0.39 is 12.1 Å². The van der Waals surface area contributed by atoms with Gasteiger partial charge < -0.3 is 10.2 Å². The highest BCUT2D eigenvalue weighted by molar-refractivity contribution is 9.10. The molecule has 0 amide bonds. The second kappa shape index (κ2) is 4.77. The van der Waals surface area contributed by atoms with Crippen LogP contribution in [0.3, 0.4) is 0 Å². The van der Waals surface area contributed by atoms with Crippen LogP contribution in [0.1, 0.15) is 18.1 Å². The van der Waals surface area contributed by atoms with Crippen LogP contribution < -0.4 is 0 Å². The molecular formula is C9H8BrClO3. The summed E-state index contributed by atoms with van der Waals surface area (Å²) >= 11 is 8.93. The molecule has 0 radical (unpaired) electrons. The molecule has 0 aliphatic carbocycles. The first kappa shape index (κ1) is 11.5. The molecule has 0 saturated carbocycles. The number of rotatable bonds is 3. The Morgan fingerprint density at radius 3 is 2.79 bits per heavy atom. The lowest BCUT2D eigenvalue weighted by molar-refractivity contribution is -0.139. The van der Waals surface area contributed by atoms with E-state index in [9.17, 15) is 9.90 Å². The van der Waals surface area contributed by atoms with Gasteiger partial charge in [0.2, 0.25) is 0 Å². The van der Waals surface area contributed by atoms with Gasteiger partial charge in [0, 0.05) is 9.50 Å². The Morgan fingerprint density at radius 2 is 2.21 bits per heavy atom. The molecule has 0 fully saturated rings. The SMILES string of the molecule is O=C(O)C[C@H](O)c1cc(Cl)ccc1Br. The molecule has 3 nitrogen and oxygen atoms in total. The number of halogens is 2. The molecule has 14 heavy (non-hydrogen) atoms. The summed E-state index contributed by atoms with van der Waals surface area (Å²) in [5.74, 6) is -1.05. The Bertz CT molecular complexity index is 354. The molecule has 0 aromatic heterocycles. The summed E-state index contributed by atoms with van der Waals surface area (Å²) < 4.78 is 0.649. The van der Waals surface area contributed by atoms with Crippen LogP contribution in [0, 0.1) is 0 Å². The van der Waals surface area contributed by atoms with Crippen molar-refractivity contribution >= 4 is 33.5 Å². The molecule has 0 bridgehead atoms. The molecule has 0 heterocycles. The van der Waals surface area contributed by atoms with Crippen LogP contribution in [0.5, 0.6) is 0 Å². The fourth-order valence-electron chi connectivity index (χ4n) is 1.05. The maximum absolute atomic E-state index is 10.4. The van der Waals surface area contributed by atoms with Gasteiger partial charge in [-0.1, -0.05) is 27.5 Å². The van der Waals surface area contributed by atoms with Crippen molar-refractivity contribution < 1.29 is 15.0 Å². The minimum absolute atomic E-state index is 0.334. The molecule has 1 aromatic rings. The fraction of sp³-hybridized carbons (Fsp3) is 0.222. The number of aliphatic hydroxyl groups excluding tert-OH is 1. The number of aliphatic carboxylic acids is 1. The Hall–Kier alpha value is -0.580. The number of hydrogen-bond donors (Lipinski definition) is 2. The summed E-state index contributed by atoms with van der Waals surface area (Å²) in [6, 6.07) is 4.87. The van der Waals surface area contributed by atoms with E-state index in [1.54, 1.807) is 18.2 Å². The average molecular weight is 280 g/mol. The predicted octanol–water partition coefficient (Wildman–Crippen LogP) is 2.61. The van der Waals surface area contributed by atoms with Crippen LogP contribution in [0.25, 0.3) is 0 Å². The number of carboxylic acid groups (broad SMARTS) is 1. The van der Waals surface area contributed by atoms with Gasteiger partial charge in [-0.25, -0.2) is 0 Å². The summed E-state index contributed by atoms with van der Waals surface area (Å²) in [6.07, 6.45) is -1.38.